The number of hydrogen-bond acceptors (Lipinski definition) is 4. The van der Waals surface area contributed by atoms with E-state index in [1.165, 1.54) is 6.42 Å². The third-order valence-corrected chi connectivity index (χ3v) is 3.24. The van der Waals surface area contributed by atoms with E-state index in [0.717, 1.165) is 25.1 Å². The Balaban J connectivity index is 2.02. The van der Waals surface area contributed by atoms with Gasteiger partial charge in [-0.1, -0.05) is 0 Å². The second-order valence-electron chi connectivity index (χ2n) is 4.46. The SMILES string of the molecule is COc1cnn(C)c1C(O)CC1CCCCO1. The fraction of sp³-hybridized carbons (Fsp3) is 0.750. The second kappa shape index (κ2) is 5.51. The van der Waals surface area contributed by atoms with Gasteiger partial charge < -0.3 is 14.6 Å². The van der Waals surface area contributed by atoms with Crippen molar-refractivity contribution in [2.45, 2.75) is 37.9 Å². The number of ether oxygens (including phenoxy) is 2. The standard InChI is InChI=1S/C12H20N2O3/c1-14-12(11(16-2)8-13-14)10(15)7-9-5-3-4-6-17-9/h8-10,15H,3-7H2,1-2H3. The smallest absolute Gasteiger partial charge is 0.162 e. The molecule has 1 fully saturated rings. The lowest BCUT2D eigenvalue weighted by Crippen LogP contribution is -2.22. The van der Waals surface area contributed by atoms with Gasteiger partial charge in [0.05, 0.1) is 19.4 Å². The van der Waals surface area contributed by atoms with Gasteiger partial charge in [0, 0.05) is 20.1 Å². The van der Waals surface area contributed by atoms with E-state index in [2.05, 4.69) is 5.10 Å². The molecule has 1 aliphatic rings. The minimum Gasteiger partial charge on any atom is -0.493 e. The van der Waals surface area contributed by atoms with E-state index in [1.807, 2.05) is 7.05 Å². The highest BCUT2D eigenvalue weighted by Gasteiger charge is 2.24. The Bertz CT molecular complexity index is 359. The summed E-state index contributed by atoms with van der Waals surface area (Å²) >= 11 is 0. The van der Waals surface area contributed by atoms with Crippen LogP contribution in [0, 0.1) is 0 Å². The van der Waals surface area contributed by atoms with Gasteiger partial charge in [-0.2, -0.15) is 5.10 Å². The van der Waals surface area contributed by atoms with Gasteiger partial charge in [-0.25, -0.2) is 0 Å². The molecular weight excluding hydrogens is 220 g/mol. The normalized spacial score (nSPS) is 22.4. The summed E-state index contributed by atoms with van der Waals surface area (Å²) in [6, 6.07) is 0. The lowest BCUT2D eigenvalue weighted by Gasteiger charge is -2.25. The highest BCUT2D eigenvalue weighted by Crippen LogP contribution is 2.29. The van der Waals surface area contributed by atoms with E-state index in [1.54, 1.807) is 18.0 Å². The Morgan fingerprint density at radius 2 is 2.47 bits per heavy atom. The Morgan fingerprint density at radius 3 is 3.12 bits per heavy atom. The Labute approximate surface area is 101 Å². The summed E-state index contributed by atoms with van der Waals surface area (Å²) in [5, 5.41) is 14.3. The molecular formula is C12H20N2O3. The Kier molecular flexibility index (Phi) is 4.02. The van der Waals surface area contributed by atoms with Crippen molar-refractivity contribution in [2.75, 3.05) is 13.7 Å². The Hall–Kier alpha value is -1.07. The maximum atomic E-state index is 10.2. The van der Waals surface area contributed by atoms with Crippen LogP contribution in [0.3, 0.4) is 0 Å². The lowest BCUT2D eigenvalue weighted by molar-refractivity contribution is -0.0173. The van der Waals surface area contributed by atoms with Gasteiger partial charge in [-0.05, 0) is 19.3 Å². The van der Waals surface area contributed by atoms with Gasteiger partial charge in [-0.15, -0.1) is 0 Å². The van der Waals surface area contributed by atoms with Crippen LogP contribution in [0.15, 0.2) is 6.20 Å². The maximum absolute atomic E-state index is 10.2. The van der Waals surface area contributed by atoms with Crippen LogP contribution in [0.1, 0.15) is 37.5 Å². The van der Waals surface area contributed by atoms with Crippen molar-refractivity contribution < 1.29 is 14.6 Å². The lowest BCUT2D eigenvalue weighted by atomic mass is 10.0. The molecule has 0 aliphatic carbocycles. The minimum absolute atomic E-state index is 0.151. The van der Waals surface area contributed by atoms with Crippen LogP contribution in [0.5, 0.6) is 5.75 Å². The number of methoxy groups -OCH3 is 1. The van der Waals surface area contributed by atoms with E-state index in [4.69, 9.17) is 9.47 Å². The molecule has 5 heteroatoms. The second-order valence-corrected chi connectivity index (χ2v) is 4.46. The molecule has 0 bridgehead atoms. The molecule has 5 nitrogen and oxygen atoms in total. The molecule has 2 unspecified atom stereocenters. The summed E-state index contributed by atoms with van der Waals surface area (Å²) in [7, 11) is 3.40. The monoisotopic (exact) mass is 240 g/mol. The first-order valence-corrected chi connectivity index (χ1v) is 6.08. The van der Waals surface area contributed by atoms with E-state index < -0.39 is 6.10 Å². The molecule has 96 valence electrons. The van der Waals surface area contributed by atoms with E-state index in [0.29, 0.717) is 12.2 Å². The topological polar surface area (TPSA) is 56.5 Å². The molecule has 17 heavy (non-hydrogen) atoms. The molecule has 0 aromatic carbocycles. The minimum atomic E-state index is -0.583. The van der Waals surface area contributed by atoms with E-state index in [-0.39, 0.29) is 6.10 Å². The first-order chi connectivity index (χ1) is 8.22. The Morgan fingerprint density at radius 1 is 1.65 bits per heavy atom. The molecule has 0 radical (unpaired) electrons. The van der Waals surface area contributed by atoms with Crippen LogP contribution in [0.2, 0.25) is 0 Å². The fourth-order valence-corrected chi connectivity index (χ4v) is 2.32. The van der Waals surface area contributed by atoms with Crippen LogP contribution in [-0.2, 0) is 11.8 Å². The molecule has 1 aromatic rings. The highest BCUT2D eigenvalue weighted by atomic mass is 16.5. The first-order valence-electron chi connectivity index (χ1n) is 6.08. The zero-order valence-electron chi connectivity index (χ0n) is 10.4. The summed E-state index contributed by atoms with van der Waals surface area (Å²) in [5.74, 6) is 0.635. The number of aryl methyl sites for hydroxylation is 1. The summed E-state index contributed by atoms with van der Waals surface area (Å²) in [5.41, 5.74) is 0.724. The third-order valence-electron chi connectivity index (χ3n) is 3.24. The number of rotatable bonds is 4. The van der Waals surface area contributed by atoms with Gasteiger partial charge in [0.1, 0.15) is 11.8 Å². The van der Waals surface area contributed by atoms with Gasteiger partial charge in [0.2, 0.25) is 0 Å². The van der Waals surface area contributed by atoms with Crippen molar-refractivity contribution in [1.29, 1.82) is 0 Å². The van der Waals surface area contributed by atoms with Crippen molar-refractivity contribution in [3.8, 4) is 5.75 Å². The highest BCUT2D eigenvalue weighted by molar-refractivity contribution is 5.27. The predicted octanol–water partition coefficient (Wildman–Crippen LogP) is 1.42. The fourth-order valence-electron chi connectivity index (χ4n) is 2.32. The molecule has 0 saturated carbocycles. The summed E-state index contributed by atoms with van der Waals surface area (Å²) < 4.78 is 12.5. The van der Waals surface area contributed by atoms with E-state index >= 15 is 0 Å². The molecule has 1 N–H and O–H groups in total. The largest absolute Gasteiger partial charge is 0.493 e. The molecule has 1 aromatic heterocycles. The van der Waals surface area contributed by atoms with Crippen molar-refractivity contribution in [1.82, 2.24) is 9.78 Å². The molecule has 1 aliphatic heterocycles. The summed E-state index contributed by atoms with van der Waals surface area (Å²) in [6.07, 6.45) is 5.13. The molecule has 0 spiro atoms. The number of aromatic nitrogens is 2. The van der Waals surface area contributed by atoms with Crippen molar-refractivity contribution in [3.63, 3.8) is 0 Å². The van der Waals surface area contributed by atoms with Crippen molar-refractivity contribution >= 4 is 0 Å². The number of aliphatic hydroxyl groups excluding tert-OH is 1. The molecule has 2 atom stereocenters. The average Bonchev–Trinajstić information content (AvgIpc) is 2.71. The number of hydrogen-bond donors (Lipinski definition) is 1. The van der Waals surface area contributed by atoms with Crippen LogP contribution in [-0.4, -0.2) is 34.7 Å². The van der Waals surface area contributed by atoms with Crippen LogP contribution < -0.4 is 4.74 Å². The maximum Gasteiger partial charge on any atom is 0.162 e. The van der Waals surface area contributed by atoms with Crippen molar-refractivity contribution in [3.05, 3.63) is 11.9 Å². The van der Waals surface area contributed by atoms with Gasteiger partial charge in [0.25, 0.3) is 0 Å². The average molecular weight is 240 g/mol. The summed E-state index contributed by atoms with van der Waals surface area (Å²) in [6.45, 7) is 0.805. The quantitative estimate of drug-likeness (QED) is 0.864. The summed E-state index contributed by atoms with van der Waals surface area (Å²) in [4.78, 5) is 0. The van der Waals surface area contributed by atoms with E-state index in [9.17, 15) is 5.11 Å². The zero-order valence-corrected chi connectivity index (χ0v) is 10.4. The number of aliphatic hydroxyl groups is 1. The molecule has 2 rings (SSSR count). The van der Waals surface area contributed by atoms with Crippen LogP contribution >= 0.6 is 0 Å². The zero-order chi connectivity index (χ0) is 12.3. The molecule has 2 heterocycles. The van der Waals surface area contributed by atoms with Gasteiger partial charge in [-0.3, -0.25) is 4.68 Å². The van der Waals surface area contributed by atoms with Gasteiger partial charge in [0.15, 0.2) is 5.75 Å². The molecule has 1 saturated heterocycles. The number of nitrogens with zero attached hydrogens (tertiary/aromatic N) is 2. The first kappa shape index (κ1) is 12.4. The van der Waals surface area contributed by atoms with Crippen molar-refractivity contribution in [2.24, 2.45) is 7.05 Å². The predicted molar refractivity (Wildman–Crippen MR) is 62.9 cm³/mol. The third kappa shape index (κ3) is 2.79. The van der Waals surface area contributed by atoms with Gasteiger partial charge >= 0.3 is 0 Å². The van der Waals surface area contributed by atoms with Crippen LogP contribution in [0.25, 0.3) is 0 Å². The van der Waals surface area contributed by atoms with Crippen LogP contribution in [0.4, 0.5) is 0 Å². The molecule has 0 amide bonds.